The molecule has 2 aromatic heterocycles. The molecule has 1 aliphatic carbocycles. The van der Waals surface area contributed by atoms with Crippen molar-refractivity contribution in [2.24, 2.45) is 13.0 Å². The van der Waals surface area contributed by atoms with Gasteiger partial charge in [0.2, 0.25) is 5.91 Å². The fraction of sp³-hybridized carbons (Fsp3) is 0.619. The smallest absolute Gasteiger partial charge is 0.262 e. The number of nitrogens with zero attached hydrogens (tertiary/aromatic N) is 3. The molecule has 2 amide bonds. The fourth-order valence-corrected chi connectivity index (χ4v) is 5.57. The first-order valence-corrected chi connectivity index (χ1v) is 11.3. The molecule has 3 heterocycles. The molecule has 2 fully saturated rings. The third-order valence-corrected chi connectivity index (χ3v) is 7.51. The van der Waals surface area contributed by atoms with Crippen LogP contribution in [0.5, 0.6) is 0 Å². The van der Waals surface area contributed by atoms with E-state index in [-0.39, 0.29) is 23.4 Å². The van der Waals surface area contributed by atoms with Crippen LogP contribution in [0.4, 0.5) is 0 Å². The summed E-state index contributed by atoms with van der Waals surface area (Å²) < 4.78 is 1.43. The Labute approximate surface area is 174 Å². The van der Waals surface area contributed by atoms with Gasteiger partial charge in [-0.15, -0.1) is 11.3 Å². The highest BCUT2D eigenvalue weighted by Gasteiger charge is 2.30. The average molecular weight is 417 g/mol. The molecule has 0 spiro atoms. The van der Waals surface area contributed by atoms with E-state index >= 15 is 0 Å². The summed E-state index contributed by atoms with van der Waals surface area (Å²) in [5, 5.41) is 3.63. The first kappa shape index (κ1) is 20.1. The standard InChI is InChI=1S/C21H28N4O3S/c1-13-16-19(22-12-24(2)21(16)28)29-17(13)18(26)23-15-8-10-25(11-9-15)20(27)14-6-4-3-5-7-14/h12,14-15H,3-11H2,1-2H3,(H,23,26). The van der Waals surface area contributed by atoms with E-state index in [0.717, 1.165) is 38.5 Å². The van der Waals surface area contributed by atoms with Crippen molar-refractivity contribution in [3.05, 3.63) is 27.1 Å². The maximum absolute atomic E-state index is 12.8. The van der Waals surface area contributed by atoms with Crippen LogP contribution in [0, 0.1) is 12.8 Å². The van der Waals surface area contributed by atoms with Gasteiger partial charge in [-0.25, -0.2) is 4.98 Å². The van der Waals surface area contributed by atoms with Crippen LogP contribution in [-0.2, 0) is 11.8 Å². The van der Waals surface area contributed by atoms with Gasteiger partial charge in [0.05, 0.1) is 16.6 Å². The molecule has 2 aromatic rings. The third-order valence-electron chi connectivity index (χ3n) is 6.31. The van der Waals surface area contributed by atoms with Gasteiger partial charge < -0.3 is 14.8 Å². The van der Waals surface area contributed by atoms with E-state index in [1.165, 1.54) is 28.7 Å². The second-order valence-electron chi connectivity index (χ2n) is 8.30. The highest BCUT2D eigenvalue weighted by molar-refractivity contribution is 7.20. The highest BCUT2D eigenvalue weighted by Crippen LogP contribution is 2.28. The molecule has 156 valence electrons. The maximum Gasteiger partial charge on any atom is 0.262 e. The number of hydrogen-bond donors (Lipinski definition) is 1. The van der Waals surface area contributed by atoms with E-state index < -0.39 is 0 Å². The van der Waals surface area contributed by atoms with Gasteiger partial charge >= 0.3 is 0 Å². The number of carbonyl (C=O) groups is 2. The molecule has 29 heavy (non-hydrogen) atoms. The molecule has 0 aromatic carbocycles. The van der Waals surface area contributed by atoms with Gasteiger partial charge in [-0.3, -0.25) is 14.4 Å². The number of likely N-dealkylation sites (tertiary alicyclic amines) is 1. The van der Waals surface area contributed by atoms with Crippen molar-refractivity contribution >= 4 is 33.4 Å². The van der Waals surface area contributed by atoms with Crippen LogP contribution in [0.25, 0.3) is 10.2 Å². The first-order valence-electron chi connectivity index (χ1n) is 10.5. The molecule has 1 saturated carbocycles. The predicted molar refractivity (Wildman–Crippen MR) is 113 cm³/mol. The van der Waals surface area contributed by atoms with Crippen LogP contribution < -0.4 is 10.9 Å². The zero-order valence-electron chi connectivity index (χ0n) is 17.1. The topological polar surface area (TPSA) is 84.3 Å². The van der Waals surface area contributed by atoms with E-state index in [9.17, 15) is 14.4 Å². The molecule has 2 aliphatic rings. The molecule has 0 unspecified atom stereocenters. The maximum atomic E-state index is 12.8. The summed E-state index contributed by atoms with van der Waals surface area (Å²) in [6.45, 7) is 3.21. The molecular formula is C21H28N4O3S. The second-order valence-corrected chi connectivity index (χ2v) is 9.30. The summed E-state index contributed by atoms with van der Waals surface area (Å²) >= 11 is 1.27. The quantitative estimate of drug-likeness (QED) is 0.834. The van der Waals surface area contributed by atoms with Crippen LogP contribution in [0.1, 0.15) is 60.2 Å². The highest BCUT2D eigenvalue weighted by atomic mass is 32.1. The monoisotopic (exact) mass is 416 g/mol. The van der Waals surface area contributed by atoms with Gasteiger partial charge in [-0.1, -0.05) is 19.3 Å². The van der Waals surface area contributed by atoms with E-state index in [2.05, 4.69) is 10.3 Å². The van der Waals surface area contributed by atoms with Crippen LogP contribution >= 0.6 is 11.3 Å². The summed E-state index contributed by atoms with van der Waals surface area (Å²) in [6, 6.07) is 0.0540. The fourth-order valence-electron chi connectivity index (χ4n) is 4.53. The number of thiophene rings is 1. The largest absolute Gasteiger partial charge is 0.348 e. The number of fused-ring (bicyclic) bond motifs is 1. The van der Waals surface area contributed by atoms with Crippen molar-refractivity contribution in [1.82, 2.24) is 19.8 Å². The summed E-state index contributed by atoms with van der Waals surface area (Å²) in [5.74, 6) is 0.354. The lowest BCUT2D eigenvalue weighted by molar-refractivity contribution is -0.137. The number of rotatable bonds is 3. The Bertz CT molecular complexity index is 982. The van der Waals surface area contributed by atoms with Gasteiger partial charge in [-0.05, 0) is 38.2 Å². The van der Waals surface area contributed by atoms with Crippen molar-refractivity contribution in [3.63, 3.8) is 0 Å². The molecule has 0 bridgehead atoms. The lowest BCUT2D eigenvalue weighted by atomic mass is 9.87. The Morgan fingerprint density at radius 3 is 2.52 bits per heavy atom. The lowest BCUT2D eigenvalue weighted by Crippen LogP contribution is -2.48. The van der Waals surface area contributed by atoms with Crippen LogP contribution in [-0.4, -0.2) is 45.4 Å². The average Bonchev–Trinajstić information content (AvgIpc) is 3.08. The third kappa shape index (κ3) is 3.95. The van der Waals surface area contributed by atoms with E-state index in [1.807, 2.05) is 11.8 Å². The Morgan fingerprint density at radius 1 is 1.14 bits per heavy atom. The molecule has 1 aliphatic heterocycles. The summed E-state index contributed by atoms with van der Waals surface area (Å²) in [5.41, 5.74) is 0.568. The summed E-state index contributed by atoms with van der Waals surface area (Å²) in [6.07, 6.45) is 8.65. The van der Waals surface area contributed by atoms with Crippen molar-refractivity contribution in [1.29, 1.82) is 0 Å². The van der Waals surface area contributed by atoms with Crippen LogP contribution in [0.2, 0.25) is 0 Å². The number of piperidine rings is 1. The molecule has 0 radical (unpaired) electrons. The number of nitrogens with one attached hydrogen (secondary N) is 1. The SMILES string of the molecule is Cc1c(C(=O)NC2CCN(C(=O)C3CCCCC3)CC2)sc2ncn(C)c(=O)c12. The number of aryl methyl sites for hydroxylation is 2. The summed E-state index contributed by atoms with van der Waals surface area (Å²) in [7, 11) is 1.66. The number of aromatic nitrogens is 2. The van der Waals surface area contributed by atoms with E-state index in [0.29, 0.717) is 39.7 Å². The van der Waals surface area contributed by atoms with E-state index in [1.54, 1.807) is 7.05 Å². The van der Waals surface area contributed by atoms with Gasteiger partial charge in [-0.2, -0.15) is 0 Å². The Kier molecular flexibility index (Phi) is 5.72. The van der Waals surface area contributed by atoms with Crippen molar-refractivity contribution in [2.75, 3.05) is 13.1 Å². The molecule has 1 saturated heterocycles. The first-order chi connectivity index (χ1) is 14.0. The molecule has 7 nitrogen and oxygen atoms in total. The lowest BCUT2D eigenvalue weighted by Gasteiger charge is -2.35. The minimum absolute atomic E-state index is 0.0540. The van der Waals surface area contributed by atoms with Gasteiger partial charge in [0.25, 0.3) is 11.5 Å². The minimum atomic E-state index is -0.149. The van der Waals surface area contributed by atoms with Crippen molar-refractivity contribution in [2.45, 2.75) is 57.9 Å². The molecule has 1 N–H and O–H groups in total. The Balaban J connectivity index is 1.38. The number of hydrogen-bond acceptors (Lipinski definition) is 5. The van der Waals surface area contributed by atoms with E-state index in [4.69, 9.17) is 0 Å². The van der Waals surface area contributed by atoms with Gasteiger partial charge in [0.15, 0.2) is 0 Å². The zero-order chi connectivity index (χ0) is 20.5. The zero-order valence-corrected chi connectivity index (χ0v) is 17.9. The molecule has 0 atom stereocenters. The second kappa shape index (κ2) is 8.26. The number of amides is 2. The Hall–Kier alpha value is -2.22. The van der Waals surface area contributed by atoms with Gasteiger partial charge in [0, 0.05) is 32.1 Å². The summed E-state index contributed by atoms with van der Waals surface area (Å²) in [4.78, 5) is 45.3. The van der Waals surface area contributed by atoms with Gasteiger partial charge in [0.1, 0.15) is 4.83 Å². The van der Waals surface area contributed by atoms with Crippen LogP contribution in [0.3, 0.4) is 0 Å². The van der Waals surface area contributed by atoms with Crippen LogP contribution in [0.15, 0.2) is 11.1 Å². The number of carbonyl (C=O) groups excluding carboxylic acids is 2. The molecule has 4 rings (SSSR count). The van der Waals surface area contributed by atoms with Crippen molar-refractivity contribution in [3.8, 4) is 0 Å². The predicted octanol–water partition coefficient (Wildman–Crippen LogP) is 2.60. The van der Waals surface area contributed by atoms with Crippen molar-refractivity contribution < 1.29 is 9.59 Å². The molecular weight excluding hydrogens is 388 g/mol. The molecule has 8 heteroatoms. The Morgan fingerprint density at radius 2 is 1.83 bits per heavy atom. The minimum Gasteiger partial charge on any atom is -0.348 e. The normalized spacial score (nSPS) is 18.9.